The smallest absolute Gasteiger partial charge is 0.228 e. The van der Waals surface area contributed by atoms with Crippen LogP contribution in [0.3, 0.4) is 0 Å². The van der Waals surface area contributed by atoms with E-state index in [9.17, 15) is 4.79 Å². The Bertz CT molecular complexity index is 482. The van der Waals surface area contributed by atoms with Crippen molar-refractivity contribution < 1.29 is 19.0 Å². The predicted octanol–water partition coefficient (Wildman–Crippen LogP) is 2.20. The maximum Gasteiger partial charge on any atom is 0.228 e. The molecule has 1 aliphatic rings. The van der Waals surface area contributed by atoms with Gasteiger partial charge in [0.05, 0.1) is 20.6 Å². The van der Waals surface area contributed by atoms with Gasteiger partial charge < -0.3 is 19.5 Å². The van der Waals surface area contributed by atoms with Crippen LogP contribution in [0.15, 0.2) is 12.1 Å². The largest absolute Gasteiger partial charge is 0.496 e. The minimum absolute atomic E-state index is 0.0952. The molecule has 1 N–H and O–H groups in total. The van der Waals surface area contributed by atoms with Gasteiger partial charge in [-0.15, -0.1) is 0 Å². The van der Waals surface area contributed by atoms with E-state index in [2.05, 4.69) is 5.32 Å². The van der Waals surface area contributed by atoms with Gasteiger partial charge in [-0.1, -0.05) is 0 Å². The number of rotatable bonds is 2. The van der Waals surface area contributed by atoms with Gasteiger partial charge in [0.1, 0.15) is 22.8 Å². The number of hydrogen-bond donors (Lipinski definition) is 1. The lowest BCUT2D eigenvalue weighted by molar-refractivity contribution is -0.118. The number of ether oxygens (including phenoxy) is 3. The molecule has 5 nitrogen and oxygen atoms in total. The van der Waals surface area contributed by atoms with E-state index in [0.29, 0.717) is 22.9 Å². The Morgan fingerprint density at radius 2 is 2.00 bits per heavy atom. The number of fused-ring (bicyclic) bond motifs is 1. The molecule has 0 saturated carbocycles. The van der Waals surface area contributed by atoms with Crippen LogP contribution in [0.1, 0.15) is 20.3 Å². The summed E-state index contributed by atoms with van der Waals surface area (Å²) in [4.78, 5) is 11.8. The summed E-state index contributed by atoms with van der Waals surface area (Å²) in [6.07, 6.45) is 0.285. The molecule has 0 radical (unpaired) electrons. The molecule has 0 fully saturated rings. The minimum atomic E-state index is -0.563. The first-order valence-electron chi connectivity index (χ1n) is 5.70. The van der Waals surface area contributed by atoms with Crippen molar-refractivity contribution in [3.63, 3.8) is 0 Å². The van der Waals surface area contributed by atoms with Crippen LogP contribution in [0.25, 0.3) is 0 Å². The lowest BCUT2D eigenvalue weighted by atomic mass is 10.1. The van der Waals surface area contributed by atoms with Crippen LogP contribution in [0.2, 0.25) is 0 Å². The van der Waals surface area contributed by atoms with Gasteiger partial charge in [-0.2, -0.15) is 0 Å². The van der Waals surface area contributed by atoms with E-state index >= 15 is 0 Å². The normalized spacial score (nSPS) is 17.0. The third-order valence-electron chi connectivity index (χ3n) is 2.73. The Hall–Kier alpha value is -1.91. The lowest BCUT2D eigenvalue weighted by Gasteiger charge is -2.23. The fraction of sp³-hybridized carbons (Fsp3) is 0.462. The Morgan fingerprint density at radius 1 is 1.28 bits per heavy atom. The second kappa shape index (κ2) is 4.40. The number of nitrogens with one attached hydrogen (secondary N) is 1. The van der Waals surface area contributed by atoms with Gasteiger partial charge >= 0.3 is 0 Å². The fourth-order valence-electron chi connectivity index (χ4n) is 1.95. The van der Waals surface area contributed by atoms with Crippen LogP contribution in [0.4, 0.5) is 5.69 Å². The SMILES string of the molecule is COc1cc(OC)c2c(c1)OC(C)(C)CC(=O)N2. The first-order chi connectivity index (χ1) is 8.45. The summed E-state index contributed by atoms with van der Waals surface area (Å²) >= 11 is 0. The monoisotopic (exact) mass is 251 g/mol. The molecule has 5 heteroatoms. The molecule has 1 heterocycles. The molecule has 0 unspecified atom stereocenters. The van der Waals surface area contributed by atoms with Gasteiger partial charge in [0.15, 0.2) is 5.75 Å². The van der Waals surface area contributed by atoms with Crippen LogP contribution in [0.5, 0.6) is 17.2 Å². The predicted molar refractivity (Wildman–Crippen MR) is 67.5 cm³/mol. The second-order valence-electron chi connectivity index (χ2n) is 4.79. The molecule has 0 aromatic heterocycles. The Morgan fingerprint density at radius 3 is 2.61 bits per heavy atom. The van der Waals surface area contributed by atoms with Crippen molar-refractivity contribution in [2.75, 3.05) is 19.5 Å². The molecular weight excluding hydrogens is 234 g/mol. The van der Waals surface area contributed by atoms with Crippen LogP contribution in [-0.2, 0) is 4.79 Å². The van der Waals surface area contributed by atoms with Crippen molar-refractivity contribution in [1.29, 1.82) is 0 Å². The molecule has 2 rings (SSSR count). The minimum Gasteiger partial charge on any atom is -0.496 e. The average molecular weight is 251 g/mol. The number of carbonyl (C=O) groups is 1. The molecule has 0 bridgehead atoms. The maximum atomic E-state index is 11.8. The van der Waals surface area contributed by atoms with E-state index in [1.165, 1.54) is 7.11 Å². The first-order valence-corrected chi connectivity index (χ1v) is 5.70. The molecule has 0 aliphatic carbocycles. The molecule has 1 aromatic rings. The summed E-state index contributed by atoms with van der Waals surface area (Å²) < 4.78 is 16.3. The van der Waals surface area contributed by atoms with Crippen molar-refractivity contribution in [2.45, 2.75) is 25.9 Å². The Labute approximate surface area is 106 Å². The number of amides is 1. The van der Waals surface area contributed by atoms with Gasteiger partial charge in [-0.05, 0) is 13.8 Å². The van der Waals surface area contributed by atoms with Crippen molar-refractivity contribution in [3.05, 3.63) is 12.1 Å². The van der Waals surface area contributed by atoms with Gasteiger partial charge in [0.2, 0.25) is 5.91 Å². The van der Waals surface area contributed by atoms with E-state index in [1.54, 1.807) is 19.2 Å². The number of carbonyl (C=O) groups excluding carboxylic acids is 1. The summed E-state index contributed by atoms with van der Waals surface area (Å²) in [6, 6.07) is 3.45. The van der Waals surface area contributed by atoms with Crippen molar-refractivity contribution in [3.8, 4) is 17.2 Å². The van der Waals surface area contributed by atoms with E-state index in [0.717, 1.165) is 0 Å². The van der Waals surface area contributed by atoms with E-state index < -0.39 is 5.60 Å². The third kappa shape index (κ3) is 2.34. The molecule has 0 spiro atoms. The summed E-state index contributed by atoms with van der Waals surface area (Å²) in [5.41, 5.74) is -0.0129. The molecule has 0 saturated heterocycles. The van der Waals surface area contributed by atoms with Crippen molar-refractivity contribution >= 4 is 11.6 Å². The molecule has 0 atom stereocenters. The van der Waals surface area contributed by atoms with Crippen LogP contribution in [-0.4, -0.2) is 25.7 Å². The molecule has 1 aliphatic heterocycles. The van der Waals surface area contributed by atoms with Gasteiger partial charge in [-0.25, -0.2) is 0 Å². The van der Waals surface area contributed by atoms with Crippen LogP contribution < -0.4 is 19.5 Å². The highest BCUT2D eigenvalue weighted by molar-refractivity contribution is 5.95. The number of anilines is 1. The summed E-state index contributed by atoms with van der Waals surface area (Å²) in [5.74, 6) is 1.61. The van der Waals surface area contributed by atoms with Gasteiger partial charge in [0, 0.05) is 12.1 Å². The Balaban J connectivity index is 2.55. The number of hydrogen-bond acceptors (Lipinski definition) is 4. The van der Waals surface area contributed by atoms with E-state index in [1.807, 2.05) is 13.8 Å². The molecular formula is C13H17NO4. The molecule has 1 aromatic carbocycles. The third-order valence-corrected chi connectivity index (χ3v) is 2.73. The average Bonchev–Trinajstić information content (AvgIpc) is 2.40. The summed E-state index contributed by atoms with van der Waals surface area (Å²) in [5, 5.41) is 2.80. The number of methoxy groups -OCH3 is 2. The lowest BCUT2D eigenvalue weighted by Crippen LogP contribution is -2.30. The zero-order chi connectivity index (χ0) is 13.3. The van der Waals surface area contributed by atoms with Gasteiger partial charge in [-0.3, -0.25) is 4.79 Å². The van der Waals surface area contributed by atoms with Gasteiger partial charge in [0.25, 0.3) is 0 Å². The zero-order valence-electron chi connectivity index (χ0n) is 11.0. The highest BCUT2D eigenvalue weighted by Crippen LogP contribution is 2.42. The first kappa shape index (κ1) is 12.5. The highest BCUT2D eigenvalue weighted by atomic mass is 16.5. The molecule has 98 valence electrons. The van der Waals surface area contributed by atoms with Crippen molar-refractivity contribution in [2.24, 2.45) is 0 Å². The second-order valence-corrected chi connectivity index (χ2v) is 4.79. The maximum absolute atomic E-state index is 11.8. The quantitative estimate of drug-likeness (QED) is 0.875. The summed E-state index contributed by atoms with van der Waals surface area (Å²) in [7, 11) is 3.11. The van der Waals surface area contributed by atoms with Crippen molar-refractivity contribution in [1.82, 2.24) is 0 Å². The van der Waals surface area contributed by atoms with Crippen LogP contribution >= 0.6 is 0 Å². The van der Waals surface area contributed by atoms with E-state index in [4.69, 9.17) is 14.2 Å². The number of benzene rings is 1. The standard InChI is InChI=1S/C13H17NO4/c1-13(2)7-11(15)14-12-9(17-4)5-8(16-3)6-10(12)18-13/h5-6H,7H2,1-4H3,(H,14,15). The molecule has 18 heavy (non-hydrogen) atoms. The Kier molecular flexibility index (Phi) is 3.07. The molecule has 1 amide bonds. The van der Waals surface area contributed by atoms with E-state index in [-0.39, 0.29) is 12.3 Å². The van der Waals surface area contributed by atoms with Crippen LogP contribution in [0, 0.1) is 0 Å². The zero-order valence-corrected chi connectivity index (χ0v) is 11.0. The topological polar surface area (TPSA) is 56.8 Å². The fourth-order valence-corrected chi connectivity index (χ4v) is 1.95. The highest BCUT2D eigenvalue weighted by Gasteiger charge is 2.31. The summed E-state index contributed by atoms with van der Waals surface area (Å²) in [6.45, 7) is 3.74.